The van der Waals surface area contributed by atoms with Gasteiger partial charge in [-0.1, -0.05) is 18.2 Å². The molecular formula is C9H10N2S. The van der Waals surface area contributed by atoms with E-state index in [2.05, 4.69) is 35.1 Å². The second-order valence-corrected chi connectivity index (χ2v) is 3.55. The number of thiophene rings is 1. The van der Waals surface area contributed by atoms with Crippen molar-refractivity contribution in [3.63, 3.8) is 0 Å². The highest BCUT2D eigenvalue weighted by Gasteiger charge is 2.00. The molecule has 2 nitrogen and oxygen atoms in total. The van der Waals surface area contributed by atoms with Gasteiger partial charge >= 0.3 is 0 Å². The average Bonchev–Trinajstić information content (AvgIpc) is 2.50. The Kier molecular flexibility index (Phi) is 2.08. The van der Waals surface area contributed by atoms with E-state index in [1.165, 1.54) is 15.6 Å². The molecule has 12 heavy (non-hydrogen) atoms. The Hall–Kier alpha value is -0.900. The van der Waals surface area contributed by atoms with Gasteiger partial charge in [0.1, 0.15) is 0 Å². The second kappa shape index (κ2) is 3.23. The molecule has 1 heterocycles. The van der Waals surface area contributed by atoms with Gasteiger partial charge in [0.15, 0.2) is 0 Å². The van der Waals surface area contributed by atoms with E-state index in [0.717, 1.165) is 6.54 Å². The van der Waals surface area contributed by atoms with Gasteiger partial charge in [-0.25, -0.2) is 0 Å². The van der Waals surface area contributed by atoms with E-state index < -0.39 is 0 Å². The SMILES string of the molecule is NNCc1csc2ccccc12. The molecule has 0 spiro atoms. The second-order valence-electron chi connectivity index (χ2n) is 2.64. The van der Waals surface area contributed by atoms with Crippen LogP contribution >= 0.6 is 11.3 Å². The van der Waals surface area contributed by atoms with Crippen molar-refractivity contribution >= 4 is 21.4 Å². The maximum Gasteiger partial charge on any atom is 0.0363 e. The van der Waals surface area contributed by atoms with Crippen molar-refractivity contribution in [2.45, 2.75) is 6.54 Å². The quantitative estimate of drug-likeness (QED) is 0.544. The minimum absolute atomic E-state index is 0.740. The zero-order valence-electron chi connectivity index (χ0n) is 6.58. The zero-order valence-corrected chi connectivity index (χ0v) is 7.40. The van der Waals surface area contributed by atoms with Crippen molar-refractivity contribution in [2.24, 2.45) is 5.84 Å². The van der Waals surface area contributed by atoms with Crippen LogP contribution in [0.4, 0.5) is 0 Å². The molecule has 0 saturated carbocycles. The fraction of sp³-hybridized carbons (Fsp3) is 0.111. The summed E-state index contributed by atoms with van der Waals surface area (Å²) in [5, 5.41) is 3.45. The lowest BCUT2D eigenvalue weighted by atomic mass is 10.2. The zero-order chi connectivity index (χ0) is 8.39. The summed E-state index contributed by atoms with van der Waals surface area (Å²) in [6, 6.07) is 8.35. The third-order valence-electron chi connectivity index (χ3n) is 1.85. The Balaban J connectivity index is 2.55. The molecule has 1 aromatic heterocycles. The lowest BCUT2D eigenvalue weighted by Crippen LogP contribution is -2.20. The van der Waals surface area contributed by atoms with Crippen LogP contribution in [0.15, 0.2) is 29.6 Å². The Bertz CT molecular complexity index is 381. The Labute approximate surface area is 75.0 Å². The molecule has 0 radical (unpaired) electrons. The normalized spacial score (nSPS) is 10.8. The average molecular weight is 178 g/mol. The first-order valence-electron chi connectivity index (χ1n) is 3.80. The van der Waals surface area contributed by atoms with E-state index in [1.54, 1.807) is 11.3 Å². The van der Waals surface area contributed by atoms with E-state index >= 15 is 0 Å². The third kappa shape index (κ3) is 1.22. The van der Waals surface area contributed by atoms with Crippen LogP contribution in [0.25, 0.3) is 10.1 Å². The van der Waals surface area contributed by atoms with Crippen molar-refractivity contribution in [1.82, 2.24) is 5.43 Å². The van der Waals surface area contributed by atoms with Crippen LogP contribution in [-0.2, 0) is 6.54 Å². The van der Waals surface area contributed by atoms with Gasteiger partial charge in [0.25, 0.3) is 0 Å². The fourth-order valence-electron chi connectivity index (χ4n) is 1.28. The molecule has 0 atom stereocenters. The van der Waals surface area contributed by atoms with E-state index in [1.807, 2.05) is 0 Å². The number of benzene rings is 1. The topological polar surface area (TPSA) is 38.0 Å². The number of nitrogens with two attached hydrogens (primary N) is 1. The van der Waals surface area contributed by atoms with E-state index in [9.17, 15) is 0 Å². The molecule has 0 saturated heterocycles. The first kappa shape index (κ1) is 7.73. The first-order valence-corrected chi connectivity index (χ1v) is 4.68. The van der Waals surface area contributed by atoms with Crippen LogP contribution in [-0.4, -0.2) is 0 Å². The molecule has 0 fully saturated rings. The minimum Gasteiger partial charge on any atom is -0.271 e. The molecule has 0 aliphatic heterocycles. The summed E-state index contributed by atoms with van der Waals surface area (Å²) in [5.74, 6) is 5.27. The molecule has 0 aliphatic carbocycles. The van der Waals surface area contributed by atoms with Gasteiger partial charge in [0.2, 0.25) is 0 Å². The third-order valence-corrected chi connectivity index (χ3v) is 2.87. The molecule has 2 aromatic rings. The highest BCUT2D eigenvalue weighted by molar-refractivity contribution is 7.17. The monoisotopic (exact) mass is 178 g/mol. The van der Waals surface area contributed by atoms with Crippen molar-refractivity contribution in [3.05, 3.63) is 35.2 Å². The molecule has 2 rings (SSSR count). The molecule has 0 bridgehead atoms. The van der Waals surface area contributed by atoms with Crippen LogP contribution in [0, 0.1) is 0 Å². The van der Waals surface area contributed by atoms with Crippen molar-refractivity contribution in [1.29, 1.82) is 0 Å². The largest absolute Gasteiger partial charge is 0.271 e. The van der Waals surface area contributed by atoms with Crippen molar-refractivity contribution in [3.8, 4) is 0 Å². The van der Waals surface area contributed by atoms with Gasteiger partial charge in [-0.3, -0.25) is 11.3 Å². The maximum absolute atomic E-state index is 5.27. The van der Waals surface area contributed by atoms with Gasteiger partial charge in [-0.05, 0) is 22.4 Å². The van der Waals surface area contributed by atoms with E-state index in [4.69, 9.17) is 5.84 Å². The van der Waals surface area contributed by atoms with Crippen LogP contribution in [0.3, 0.4) is 0 Å². The molecule has 62 valence electrons. The molecule has 0 aliphatic rings. The fourth-order valence-corrected chi connectivity index (χ4v) is 2.24. The molecule has 3 heteroatoms. The van der Waals surface area contributed by atoms with E-state index in [-0.39, 0.29) is 0 Å². The van der Waals surface area contributed by atoms with Gasteiger partial charge in [-0.15, -0.1) is 11.3 Å². The maximum atomic E-state index is 5.27. The standard InChI is InChI=1S/C9H10N2S/c10-11-5-7-6-12-9-4-2-1-3-8(7)9/h1-4,6,11H,5,10H2. The summed E-state index contributed by atoms with van der Waals surface area (Å²) < 4.78 is 1.32. The number of fused-ring (bicyclic) bond motifs is 1. The molecule has 3 N–H and O–H groups in total. The summed E-state index contributed by atoms with van der Waals surface area (Å²) in [6.45, 7) is 0.740. The smallest absolute Gasteiger partial charge is 0.0363 e. The Morgan fingerprint density at radius 3 is 3.00 bits per heavy atom. The highest BCUT2D eigenvalue weighted by atomic mass is 32.1. The van der Waals surface area contributed by atoms with Crippen molar-refractivity contribution in [2.75, 3.05) is 0 Å². The highest BCUT2D eigenvalue weighted by Crippen LogP contribution is 2.24. The predicted molar refractivity (Wildman–Crippen MR) is 52.9 cm³/mol. The summed E-state index contributed by atoms with van der Waals surface area (Å²) in [4.78, 5) is 0. The number of rotatable bonds is 2. The van der Waals surface area contributed by atoms with Crippen molar-refractivity contribution < 1.29 is 0 Å². The number of hydrazine groups is 1. The van der Waals surface area contributed by atoms with Gasteiger partial charge in [-0.2, -0.15) is 0 Å². The Morgan fingerprint density at radius 2 is 2.17 bits per heavy atom. The van der Waals surface area contributed by atoms with Crippen LogP contribution < -0.4 is 11.3 Å². The minimum atomic E-state index is 0.740. The molecule has 1 aromatic carbocycles. The van der Waals surface area contributed by atoms with Crippen LogP contribution in [0.1, 0.15) is 5.56 Å². The number of hydrogen-bond acceptors (Lipinski definition) is 3. The summed E-state index contributed by atoms with van der Waals surface area (Å²) >= 11 is 1.76. The summed E-state index contributed by atoms with van der Waals surface area (Å²) in [7, 11) is 0. The number of nitrogens with one attached hydrogen (secondary N) is 1. The van der Waals surface area contributed by atoms with Gasteiger partial charge in [0.05, 0.1) is 0 Å². The first-order chi connectivity index (χ1) is 5.92. The van der Waals surface area contributed by atoms with Crippen LogP contribution in [0.5, 0.6) is 0 Å². The molecular weight excluding hydrogens is 168 g/mol. The van der Waals surface area contributed by atoms with Gasteiger partial charge in [0, 0.05) is 11.2 Å². The lowest BCUT2D eigenvalue weighted by Gasteiger charge is -1.95. The molecule has 0 amide bonds. The summed E-state index contributed by atoms with van der Waals surface area (Å²) in [6.07, 6.45) is 0. The van der Waals surface area contributed by atoms with Gasteiger partial charge < -0.3 is 0 Å². The Morgan fingerprint density at radius 1 is 1.33 bits per heavy atom. The number of hydrogen-bond donors (Lipinski definition) is 2. The van der Waals surface area contributed by atoms with Crippen LogP contribution in [0.2, 0.25) is 0 Å². The summed E-state index contributed by atoms with van der Waals surface area (Å²) in [5.41, 5.74) is 3.94. The lowest BCUT2D eigenvalue weighted by molar-refractivity contribution is 0.747. The van der Waals surface area contributed by atoms with E-state index in [0.29, 0.717) is 0 Å². The molecule has 0 unspecified atom stereocenters. The predicted octanol–water partition coefficient (Wildman–Crippen LogP) is 1.86.